The maximum Gasteiger partial charge on any atom is 0.224 e. The number of rotatable bonds is 3. The molecule has 1 amide bonds. The lowest BCUT2D eigenvalue weighted by Crippen LogP contribution is -2.13. The Hall–Kier alpha value is -1.58. The number of nitrogens with one attached hydrogen (secondary N) is 1. The van der Waals surface area contributed by atoms with E-state index in [1.807, 2.05) is 0 Å². The molecule has 0 aliphatic heterocycles. The molecule has 1 aliphatic rings. The zero-order valence-corrected chi connectivity index (χ0v) is 8.29. The Morgan fingerprint density at radius 3 is 2.87 bits per heavy atom. The van der Waals surface area contributed by atoms with Crippen molar-refractivity contribution in [2.45, 2.75) is 19.3 Å². The van der Waals surface area contributed by atoms with Crippen LogP contribution < -0.4 is 11.1 Å². The van der Waals surface area contributed by atoms with E-state index in [0.29, 0.717) is 18.0 Å². The molecule has 2 rings (SSSR count). The summed E-state index contributed by atoms with van der Waals surface area (Å²) in [6.07, 6.45) is 2.71. The SMILES string of the molecule is Nc1ccc(NC(=O)CC2CC2)c(F)c1. The normalized spacial score (nSPS) is 15.0. The molecule has 0 saturated heterocycles. The van der Waals surface area contributed by atoms with E-state index < -0.39 is 5.82 Å². The number of halogens is 1. The van der Waals surface area contributed by atoms with Crippen molar-refractivity contribution in [3.63, 3.8) is 0 Å². The molecule has 1 aliphatic carbocycles. The number of nitrogens with two attached hydrogens (primary N) is 1. The average Bonchev–Trinajstić information content (AvgIpc) is 2.94. The van der Waals surface area contributed by atoms with Crippen LogP contribution in [0.1, 0.15) is 19.3 Å². The highest BCUT2D eigenvalue weighted by Crippen LogP contribution is 2.32. The molecule has 0 radical (unpaired) electrons. The second-order valence-corrected chi connectivity index (χ2v) is 3.93. The molecule has 0 heterocycles. The fourth-order valence-electron chi connectivity index (χ4n) is 1.42. The third kappa shape index (κ3) is 2.68. The van der Waals surface area contributed by atoms with Gasteiger partial charge in [0.05, 0.1) is 5.69 Å². The molecule has 3 N–H and O–H groups in total. The van der Waals surface area contributed by atoms with Gasteiger partial charge in [-0.2, -0.15) is 0 Å². The van der Waals surface area contributed by atoms with Crippen molar-refractivity contribution in [3.8, 4) is 0 Å². The van der Waals surface area contributed by atoms with E-state index in [1.54, 1.807) is 6.07 Å². The van der Waals surface area contributed by atoms with Gasteiger partial charge in [0.15, 0.2) is 0 Å². The van der Waals surface area contributed by atoms with Gasteiger partial charge in [-0.05, 0) is 37.0 Å². The van der Waals surface area contributed by atoms with Crippen LogP contribution in [0.4, 0.5) is 15.8 Å². The smallest absolute Gasteiger partial charge is 0.224 e. The molecule has 1 aromatic rings. The molecule has 1 saturated carbocycles. The van der Waals surface area contributed by atoms with E-state index in [4.69, 9.17) is 5.73 Å². The highest BCUT2D eigenvalue weighted by molar-refractivity contribution is 5.91. The van der Waals surface area contributed by atoms with Gasteiger partial charge in [0.1, 0.15) is 5.82 Å². The second kappa shape index (κ2) is 3.88. The van der Waals surface area contributed by atoms with E-state index in [0.717, 1.165) is 12.8 Å². The number of carbonyl (C=O) groups is 1. The van der Waals surface area contributed by atoms with Gasteiger partial charge in [0.25, 0.3) is 0 Å². The summed E-state index contributed by atoms with van der Waals surface area (Å²) in [4.78, 5) is 11.4. The van der Waals surface area contributed by atoms with Crippen LogP contribution in [-0.2, 0) is 4.79 Å². The van der Waals surface area contributed by atoms with Crippen LogP contribution in [0, 0.1) is 11.7 Å². The van der Waals surface area contributed by atoms with E-state index in [-0.39, 0.29) is 11.6 Å². The van der Waals surface area contributed by atoms with Crippen LogP contribution in [-0.4, -0.2) is 5.91 Å². The van der Waals surface area contributed by atoms with Gasteiger partial charge in [0.2, 0.25) is 5.91 Å². The Morgan fingerprint density at radius 2 is 2.27 bits per heavy atom. The topological polar surface area (TPSA) is 55.1 Å². The molecule has 4 heteroatoms. The third-order valence-corrected chi connectivity index (χ3v) is 2.44. The maximum absolute atomic E-state index is 13.3. The van der Waals surface area contributed by atoms with Gasteiger partial charge in [-0.3, -0.25) is 4.79 Å². The molecule has 0 bridgehead atoms. The molecule has 1 fully saturated rings. The monoisotopic (exact) mass is 208 g/mol. The van der Waals surface area contributed by atoms with Crippen molar-refractivity contribution in [3.05, 3.63) is 24.0 Å². The quantitative estimate of drug-likeness (QED) is 0.748. The van der Waals surface area contributed by atoms with Crippen LogP contribution in [0.5, 0.6) is 0 Å². The predicted molar refractivity (Wildman–Crippen MR) is 56.8 cm³/mol. The van der Waals surface area contributed by atoms with Crippen molar-refractivity contribution < 1.29 is 9.18 Å². The third-order valence-electron chi connectivity index (χ3n) is 2.44. The first-order valence-corrected chi connectivity index (χ1v) is 5.00. The first kappa shape index (κ1) is 9.96. The van der Waals surface area contributed by atoms with Gasteiger partial charge < -0.3 is 11.1 Å². The maximum atomic E-state index is 13.3. The minimum atomic E-state index is -0.487. The largest absolute Gasteiger partial charge is 0.399 e. The summed E-state index contributed by atoms with van der Waals surface area (Å²) in [6.45, 7) is 0. The molecule has 15 heavy (non-hydrogen) atoms. The summed E-state index contributed by atoms with van der Waals surface area (Å²) in [5, 5.41) is 2.54. The van der Waals surface area contributed by atoms with Crippen LogP contribution in [0.2, 0.25) is 0 Å². The van der Waals surface area contributed by atoms with Crippen molar-refractivity contribution in [2.24, 2.45) is 5.92 Å². The summed E-state index contributed by atoms with van der Waals surface area (Å²) >= 11 is 0. The van der Waals surface area contributed by atoms with Crippen LogP contribution >= 0.6 is 0 Å². The number of amides is 1. The van der Waals surface area contributed by atoms with Crippen LogP contribution in [0.25, 0.3) is 0 Å². The minimum Gasteiger partial charge on any atom is -0.399 e. The number of anilines is 2. The standard InChI is InChI=1S/C11H13FN2O/c12-9-6-8(13)3-4-10(9)14-11(15)5-7-1-2-7/h3-4,6-7H,1-2,5,13H2,(H,14,15). The van der Waals surface area contributed by atoms with E-state index in [1.165, 1.54) is 12.1 Å². The number of carbonyl (C=O) groups excluding carboxylic acids is 1. The molecule has 1 aromatic carbocycles. The average molecular weight is 208 g/mol. The van der Waals surface area contributed by atoms with Gasteiger partial charge >= 0.3 is 0 Å². The Bertz CT molecular complexity index is 388. The minimum absolute atomic E-state index is 0.124. The Labute approximate surface area is 87.5 Å². The van der Waals surface area contributed by atoms with E-state index in [2.05, 4.69) is 5.32 Å². The lowest BCUT2D eigenvalue weighted by atomic mass is 10.2. The molecule has 0 aromatic heterocycles. The zero-order chi connectivity index (χ0) is 10.8. The predicted octanol–water partition coefficient (Wildman–Crippen LogP) is 2.15. The summed E-state index contributed by atoms with van der Waals surface area (Å²) in [5.74, 6) is -0.109. The summed E-state index contributed by atoms with van der Waals surface area (Å²) in [5.41, 5.74) is 5.95. The van der Waals surface area contributed by atoms with E-state index >= 15 is 0 Å². The van der Waals surface area contributed by atoms with Crippen molar-refractivity contribution in [1.82, 2.24) is 0 Å². The van der Waals surface area contributed by atoms with Crippen molar-refractivity contribution >= 4 is 17.3 Å². The first-order chi connectivity index (χ1) is 7.15. The fraction of sp³-hybridized carbons (Fsp3) is 0.364. The van der Waals surface area contributed by atoms with Crippen LogP contribution in [0.3, 0.4) is 0 Å². The lowest BCUT2D eigenvalue weighted by Gasteiger charge is -2.06. The second-order valence-electron chi connectivity index (χ2n) is 3.93. The molecular formula is C11H13FN2O. The Kier molecular flexibility index (Phi) is 2.58. The molecule has 0 spiro atoms. The van der Waals surface area contributed by atoms with Gasteiger partial charge in [-0.15, -0.1) is 0 Å². The first-order valence-electron chi connectivity index (χ1n) is 5.00. The zero-order valence-electron chi connectivity index (χ0n) is 8.29. The molecule has 0 unspecified atom stereocenters. The Balaban J connectivity index is 1.99. The highest BCUT2D eigenvalue weighted by atomic mass is 19.1. The molecular weight excluding hydrogens is 195 g/mol. The van der Waals surface area contributed by atoms with Crippen LogP contribution in [0.15, 0.2) is 18.2 Å². The highest BCUT2D eigenvalue weighted by Gasteiger charge is 2.24. The van der Waals surface area contributed by atoms with Gasteiger partial charge in [0, 0.05) is 12.1 Å². The van der Waals surface area contributed by atoms with Crippen molar-refractivity contribution in [1.29, 1.82) is 0 Å². The lowest BCUT2D eigenvalue weighted by molar-refractivity contribution is -0.116. The van der Waals surface area contributed by atoms with E-state index in [9.17, 15) is 9.18 Å². The summed E-state index contributed by atoms with van der Waals surface area (Å²) < 4.78 is 13.3. The number of hydrogen-bond acceptors (Lipinski definition) is 2. The molecule has 80 valence electrons. The molecule has 3 nitrogen and oxygen atoms in total. The summed E-state index contributed by atoms with van der Waals surface area (Å²) in [6, 6.07) is 4.25. The fourth-order valence-corrected chi connectivity index (χ4v) is 1.42. The number of benzene rings is 1. The Morgan fingerprint density at radius 1 is 1.53 bits per heavy atom. The summed E-state index contributed by atoms with van der Waals surface area (Å²) in [7, 11) is 0. The van der Waals surface area contributed by atoms with Crippen molar-refractivity contribution in [2.75, 3.05) is 11.1 Å². The number of hydrogen-bond donors (Lipinski definition) is 2. The number of nitrogen functional groups attached to an aromatic ring is 1. The van der Waals surface area contributed by atoms with Gasteiger partial charge in [-0.1, -0.05) is 0 Å². The van der Waals surface area contributed by atoms with Gasteiger partial charge in [-0.25, -0.2) is 4.39 Å². The molecule has 0 atom stereocenters.